The highest BCUT2D eigenvalue weighted by atomic mass is 127. The molecule has 0 unspecified atom stereocenters. The Bertz CT molecular complexity index is 358. The van der Waals surface area contributed by atoms with Gasteiger partial charge in [-0.1, -0.05) is 34.6 Å². The Labute approximate surface area is 89.0 Å². The van der Waals surface area contributed by atoms with Gasteiger partial charge in [-0.2, -0.15) is 0 Å². The first kappa shape index (κ1) is 9.19. The number of aromatic amines is 1. The first-order chi connectivity index (χ1) is 6.27. The lowest BCUT2D eigenvalue weighted by atomic mass is 10.0. The SMILES string of the molecule is CC(C)Cc1c[nH]c2c1C=CI=C2. The van der Waals surface area contributed by atoms with Crippen molar-refractivity contribution in [2.24, 2.45) is 5.92 Å². The van der Waals surface area contributed by atoms with E-state index in [0.29, 0.717) is 0 Å². The van der Waals surface area contributed by atoms with Crippen molar-refractivity contribution >= 4 is 30.8 Å². The van der Waals surface area contributed by atoms with Gasteiger partial charge in [0.15, 0.2) is 0 Å². The largest absolute Gasteiger partial charge is 0.361 e. The predicted octanol–water partition coefficient (Wildman–Crippen LogP) is 3.32. The van der Waals surface area contributed by atoms with E-state index >= 15 is 0 Å². The molecule has 0 atom stereocenters. The summed E-state index contributed by atoms with van der Waals surface area (Å²) in [6.07, 6.45) is 5.64. The van der Waals surface area contributed by atoms with E-state index in [0.717, 1.165) is 5.92 Å². The van der Waals surface area contributed by atoms with Gasteiger partial charge in [0.05, 0.1) is 5.69 Å². The van der Waals surface area contributed by atoms with Crippen molar-refractivity contribution in [1.29, 1.82) is 0 Å². The van der Waals surface area contributed by atoms with Crippen LogP contribution < -0.4 is 0 Å². The Kier molecular flexibility index (Phi) is 2.67. The summed E-state index contributed by atoms with van der Waals surface area (Å²) >= 11 is 0.181. The van der Waals surface area contributed by atoms with E-state index in [1.54, 1.807) is 0 Å². The Morgan fingerprint density at radius 1 is 1.46 bits per heavy atom. The van der Waals surface area contributed by atoms with Crippen molar-refractivity contribution in [3.05, 3.63) is 27.1 Å². The van der Waals surface area contributed by atoms with Gasteiger partial charge < -0.3 is 4.98 Å². The second-order valence-corrected chi connectivity index (χ2v) is 5.83. The topological polar surface area (TPSA) is 15.8 Å². The molecule has 0 saturated carbocycles. The Morgan fingerprint density at radius 3 is 3.08 bits per heavy atom. The van der Waals surface area contributed by atoms with Crippen LogP contribution in [0.15, 0.2) is 10.3 Å². The van der Waals surface area contributed by atoms with Crippen LogP contribution in [-0.2, 0) is 6.42 Å². The second kappa shape index (κ2) is 3.78. The quantitative estimate of drug-likeness (QED) is 0.803. The average molecular weight is 287 g/mol. The molecule has 1 aliphatic heterocycles. The molecule has 1 nitrogen and oxygen atoms in total. The molecule has 70 valence electrons. The molecule has 1 aromatic rings. The van der Waals surface area contributed by atoms with Crippen molar-refractivity contribution in [2.75, 3.05) is 0 Å². The molecule has 1 N–H and O–H groups in total. The molecule has 1 aromatic heterocycles. The van der Waals surface area contributed by atoms with Gasteiger partial charge in [-0.05, 0) is 32.1 Å². The molecule has 0 amide bonds. The van der Waals surface area contributed by atoms with Gasteiger partial charge in [-0.3, -0.25) is 0 Å². The number of nitrogens with one attached hydrogen (secondary N) is 1. The normalized spacial score (nSPS) is 14.4. The number of hydrogen-bond acceptors (Lipinski definition) is 0. The summed E-state index contributed by atoms with van der Waals surface area (Å²) in [5, 5.41) is 0. The molecular weight excluding hydrogens is 273 g/mol. The summed E-state index contributed by atoms with van der Waals surface area (Å²) in [6.45, 7) is 4.53. The lowest BCUT2D eigenvalue weighted by Gasteiger charge is -2.05. The van der Waals surface area contributed by atoms with Crippen LogP contribution in [0.3, 0.4) is 0 Å². The maximum absolute atomic E-state index is 3.35. The van der Waals surface area contributed by atoms with Crippen molar-refractivity contribution in [3.63, 3.8) is 0 Å². The molecule has 2 heteroatoms. The van der Waals surface area contributed by atoms with Crippen molar-refractivity contribution in [1.82, 2.24) is 4.98 Å². The van der Waals surface area contributed by atoms with Gasteiger partial charge in [-0.25, -0.2) is 0 Å². The van der Waals surface area contributed by atoms with Crippen LogP contribution in [0.5, 0.6) is 0 Å². The van der Waals surface area contributed by atoms with E-state index in [-0.39, 0.29) is 20.7 Å². The second-order valence-electron chi connectivity index (χ2n) is 3.77. The molecule has 0 spiro atoms. The molecular formula is C11H14IN. The van der Waals surface area contributed by atoms with E-state index in [9.17, 15) is 0 Å². The van der Waals surface area contributed by atoms with E-state index < -0.39 is 0 Å². The number of hydrogen-bond donors (Lipinski definition) is 1. The highest BCUT2D eigenvalue weighted by Gasteiger charge is 2.09. The molecule has 0 saturated heterocycles. The fourth-order valence-corrected chi connectivity index (χ4v) is 3.24. The molecule has 0 aliphatic carbocycles. The van der Waals surface area contributed by atoms with Crippen LogP contribution in [0, 0.1) is 5.92 Å². The zero-order chi connectivity index (χ0) is 9.26. The third kappa shape index (κ3) is 1.93. The van der Waals surface area contributed by atoms with Gasteiger partial charge in [0.25, 0.3) is 0 Å². The Morgan fingerprint density at radius 2 is 2.31 bits per heavy atom. The van der Waals surface area contributed by atoms with Crippen molar-refractivity contribution < 1.29 is 0 Å². The van der Waals surface area contributed by atoms with Crippen LogP contribution in [-0.4, -0.2) is 9.00 Å². The molecule has 0 fully saturated rings. The molecule has 0 radical (unpaired) electrons. The average Bonchev–Trinajstić information content (AvgIpc) is 2.48. The summed E-state index contributed by atoms with van der Waals surface area (Å²) in [7, 11) is 0. The predicted molar refractivity (Wildman–Crippen MR) is 67.6 cm³/mol. The zero-order valence-corrected chi connectivity index (χ0v) is 10.1. The van der Waals surface area contributed by atoms with E-state index in [1.165, 1.54) is 23.2 Å². The Balaban J connectivity index is 2.33. The molecule has 2 heterocycles. The molecule has 2 rings (SSSR count). The van der Waals surface area contributed by atoms with Gasteiger partial charge >= 0.3 is 0 Å². The van der Waals surface area contributed by atoms with Crippen LogP contribution in [0.1, 0.15) is 30.7 Å². The highest BCUT2D eigenvalue weighted by Crippen LogP contribution is 2.23. The molecule has 1 aliphatic rings. The number of aromatic nitrogens is 1. The lowest BCUT2D eigenvalue weighted by molar-refractivity contribution is 0.647. The number of halogens is 1. The van der Waals surface area contributed by atoms with E-state index in [2.05, 4.69) is 39.2 Å². The maximum Gasteiger partial charge on any atom is 0.0514 e. The highest BCUT2D eigenvalue weighted by molar-refractivity contribution is 14.2. The number of H-pyrrole nitrogens is 1. The minimum absolute atomic E-state index is 0.181. The van der Waals surface area contributed by atoms with Gasteiger partial charge in [0, 0.05) is 11.8 Å². The molecule has 0 aromatic carbocycles. The fraction of sp³-hybridized carbons (Fsp3) is 0.364. The maximum atomic E-state index is 3.35. The van der Waals surface area contributed by atoms with E-state index in [4.69, 9.17) is 0 Å². The first-order valence-corrected chi connectivity index (χ1v) is 7.08. The van der Waals surface area contributed by atoms with Crippen LogP contribution in [0.25, 0.3) is 6.08 Å². The number of rotatable bonds is 2. The van der Waals surface area contributed by atoms with E-state index in [1.807, 2.05) is 0 Å². The smallest absolute Gasteiger partial charge is 0.0514 e. The molecule has 13 heavy (non-hydrogen) atoms. The van der Waals surface area contributed by atoms with Crippen LogP contribution >= 0.6 is 20.7 Å². The van der Waals surface area contributed by atoms with Crippen LogP contribution in [0.2, 0.25) is 0 Å². The summed E-state index contributed by atoms with van der Waals surface area (Å²) in [6, 6.07) is 0. The van der Waals surface area contributed by atoms with Crippen molar-refractivity contribution in [3.8, 4) is 0 Å². The Hall–Kier alpha value is -0.380. The standard InChI is InChI=1S/C11H14IN/c1-8(2)5-9-7-13-11-6-12-4-3-10(9)11/h3-4,6-8,13H,5H2,1-2H3. The monoisotopic (exact) mass is 287 g/mol. The van der Waals surface area contributed by atoms with Gasteiger partial charge in [0.2, 0.25) is 0 Å². The minimum Gasteiger partial charge on any atom is -0.361 e. The first-order valence-electron chi connectivity index (χ1n) is 4.59. The van der Waals surface area contributed by atoms with Crippen molar-refractivity contribution in [2.45, 2.75) is 20.3 Å². The lowest BCUT2D eigenvalue weighted by Crippen LogP contribution is -1.95. The third-order valence-electron chi connectivity index (χ3n) is 2.14. The van der Waals surface area contributed by atoms with Crippen LogP contribution in [0.4, 0.5) is 0 Å². The summed E-state index contributed by atoms with van der Waals surface area (Å²) < 4.78 is 4.69. The summed E-state index contributed by atoms with van der Waals surface area (Å²) in [5.41, 5.74) is 4.26. The van der Waals surface area contributed by atoms with Gasteiger partial charge in [0.1, 0.15) is 0 Å². The number of fused-ring (bicyclic) bond motifs is 1. The zero-order valence-electron chi connectivity index (χ0n) is 7.97. The minimum atomic E-state index is 0.181. The van der Waals surface area contributed by atoms with Gasteiger partial charge in [-0.15, -0.1) is 0 Å². The summed E-state index contributed by atoms with van der Waals surface area (Å²) in [4.78, 5) is 3.35. The third-order valence-corrected chi connectivity index (χ3v) is 3.90. The molecule has 0 bridgehead atoms. The fourth-order valence-electron chi connectivity index (χ4n) is 1.59. The summed E-state index contributed by atoms with van der Waals surface area (Å²) in [5.74, 6) is 0.741.